The third-order valence-corrected chi connectivity index (χ3v) is 6.51. The van der Waals surface area contributed by atoms with Gasteiger partial charge < -0.3 is 5.32 Å². The van der Waals surface area contributed by atoms with Crippen molar-refractivity contribution in [2.24, 2.45) is 5.92 Å². The summed E-state index contributed by atoms with van der Waals surface area (Å²) in [6.07, 6.45) is 0. The van der Waals surface area contributed by atoms with Crippen molar-refractivity contribution in [3.63, 3.8) is 0 Å². The molecule has 2 atom stereocenters. The molecule has 1 aromatic rings. The molecule has 5 nitrogen and oxygen atoms in total. The molecule has 0 radical (unpaired) electrons. The Morgan fingerprint density at radius 3 is 2.64 bits per heavy atom. The fourth-order valence-corrected chi connectivity index (χ4v) is 5.04. The van der Waals surface area contributed by atoms with Gasteiger partial charge in [0.15, 0.2) is 0 Å². The van der Waals surface area contributed by atoms with E-state index in [1.54, 1.807) is 4.90 Å². The first kappa shape index (κ1) is 20.1. The van der Waals surface area contributed by atoms with Crippen molar-refractivity contribution in [3.05, 3.63) is 35.9 Å². The molecule has 1 heterocycles. The number of benzene rings is 1. The van der Waals surface area contributed by atoms with E-state index >= 15 is 0 Å². The van der Waals surface area contributed by atoms with Gasteiger partial charge in [-0.25, -0.2) is 0 Å². The Balaban J connectivity index is 1.81. The van der Waals surface area contributed by atoms with Crippen LogP contribution in [0.4, 0.5) is 0 Å². The van der Waals surface area contributed by atoms with Gasteiger partial charge in [0.1, 0.15) is 15.8 Å². The lowest BCUT2D eigenvalue weighted by Crippen LogP contribution is -2.44. The van der Waals surface area contributed by atoms with Gasteiger partial charge in [0, 0.05) is 29.1 Å². The average molecular weight is 399 g/mol. The van der Waals surface area contributed by atoms with Crippen LogP contribution in [0.25, 0.3) is 0 Å². The van der Waals surface area contributed by atoms with Crippen LogP contribution < -0.4 is 5.32 Å². The number of thioether (sulfide) groups is 1. The molecule has 25 heavy (non-hydrogen) atoms. The van der Waals surface area contributed by atoms with E-state index in [2.05, 4.69) is 5.32 Å². The van der Waals surface area contributed by atoms with Crippen molar-refractivity contribution in [3.8, 4) is 0 Å². The lowest BCUT2D eigenvalue weighted by Gasteiger charge is -2.26. The maximum absolute atomic E-state index is 12.4. The van der Waals surface area contributed by atoms with Gasteiger partial charge in [-0.1, -0.05) is 68.2 Å². The summed E-state index contributed by atoms with van der Waals surface area (Å²) in [5, 5.41) is 2.72. The minimum Gasteiger partial charge on any atom is -0.351 e. The Morgan fingerprint density at radius 2 is 2.00 bits per heavy atom. The van der Waals surface area contributed by atoms with E-state index in [9.17, 15) is 13.8 Å². The number of amides is 2. The predicted octanol–water partition coefficient (Wildman–Crippen LogP) is 1.94. The van der Waals surface area contributed by atoms with Crippen LogP contribution in [-0.4, -0.2) is 48.5 Å². The lowest BCUT2D eigenvalue weighted by atomic mass is 10.1. The number of carbonyl (C=O) groups is 2. The summed E-state index contributed by atoms with van der Waals surface area (Å²) in [6.45, 7) is 4.45. The highest BCUT2D eigenvalue weighted by atomic mass is 32.2. The fraction of sp³-hybridized carbons (Fsp3) is 0.471. The van der Waals surface area contributed by atoms with Gasteiger partial charge in [0.25, 0.3) is 0 Å². The SMILES string of the molecule is CC(C)[C@H]1CSC(=S)N1C(=O)CS(=O)CC(=O)NCc1ccccc1. The van der Waals surface area contributed by atoms with Gasteiger partial charge in [-0.3, -0.25) is 18.7 Å². The number of hydrogen-bond acceptors (Lipinski definition) is 5. The van der Waals surface area contributed by atoms with E-state index in [1.807, 2.05) is 44.2 Å². The third kappa shape index (κ3) is 5.90. The van der Waals surface area contributed by atoms with Crippen LogP contribution in [-0.2, 0) is 26.9 Å². The number of rotatable bonds is 7. The van der Waals surface area contributed by atoms with Crippen molar-refractivity contribution < 1.29 is 13.8 Å². The van der Waals surface area contributed by atoms with Crippen molar-refractivity contribution >= 4 is 50.9 Å². The van der Waals surface area contributed by atoms with Crippen molar-refractivity contribution in [1.82, 2.24) is 10.2 Å². The first-order chi connectivity index (χ1) is 11.9. The monoisotopic (exact) mass is 398 g/mol. The summed E-state index contributed by atoms with van der Waals surface area (Å²) < 4.78 is 12.7. The summed E-state index contributed by atoms with van der Waals surface area (Å²) >= 11 is 6.71. The van der Waals surface area contributed by atoms with Gasteiger partial charge >= 0.3 is 0 Å². The molecule has 136 valence electrons. The molecule has 0 spiro atoms. The lowest BCUT2D eigenvalue weighted by molar-refractivity contribution is -0.126. The Labute approximate surface area is 160 Å². The summed E-state index contributed by atoms with van der Waals surface area (Å²) in [7, 11) is -1.55. The first-order valence-corrected chi connectivity index (χ1v) is 10.9. The number of nitrogens with zero attached hydrogens (tertiary/aromatic N) is 1. The molecule has 1 aliphatic rings. The number of thiocarbonyl (C=S) groups is 1. The van der Waals surface area contributed by atoms with Gasteiger partial charge in [0.05, 0.1) is 0 Å². The zero-order valence-electron chi connectivity index (χ0n) is 14.3. The van der Waals surface area contributed by atoms with Gasteiger partial charge in [-0.05, 0) is 11.5 Å². The van der Waals surface area contributed by atoms with E-state index in [0.29, 0.717) is 10.9 Å². The molecule has 0 aliphatic carbocycles. The molecule has 0 bridgehead atoms. The molecule has 1 aliphatic heterocycles. The summed E-state index contributed by atoms with van der Waals surface area (Å²) in [6, 6.07) is 9.52. The van der Waals surface area contributed by atoms with Crippen LogP contribution in [0, 0.1) is 5.92 Å². The highest BCUT2D eigenvalue weighted by Gasteiger charge is 2.36. The first-order valence-electron chi connectivity index (χ1n) is 8.03. The normalized spacial score (nSPS) is 18.4. The highest BCUT2D eigenvalue weighted by molar-refractivity contribution is 8.23. The Morgan fingerprint density at radius 1 is 1.32 bits per heavy atom. The van der Waals surface area contributed by atoms with Gasteiger partial charge in [0.2, 0.25) is 11.8 Å². The second-order valence-corrected chi connectivity index (χ2v) is 9.25. The minimum absolute atomic E-state index is 0.0360. The molecule has 0 saturated carbocycles. The number of carbonyl (C=O) groups excluding carboxylic acids is 2. The van der Waals surface area contributed by atoms with Crippen molar-refractivity contribution in [1.29, 1.82) is 0 Å². The van der Waals surface area contributed by atoms with Gasteiger partial charge in [-0.2, -0.15) is 0 Å². The van der Waals surface area contributed by atoms with Crippen LogP contribution in [0.1, 0.15) is 19.4 Å². The zero-order chi connectivity index (χ0) is 18.4. The molecule has 1 saturated heterocycles. The van der Waals surface area contributed by atoms with E-state index in [1.165, 1.54) is 11.8 Å². The largest absolute Gasteiger partial charge is 0.351 e. The van der Waals surface area contributed by atoms with Crippen molar-refractivity contribution in [2.75, 3.05) is 17.3 Å². The molecule has 8 heteroatoms. The van der Waals surface area contributed by atoms with Crippen molar-refractivity contribution in [2.45, 2.75) is 26.4 Å². The standard InChI is InChI=1S/C17H22N2O3S3/c1-12(2)14-9-24-17(23)19(14)16(21)11-25(22)10-15(20)18-8-13-6-4-3-5-7-13/h3-7,12,14H,8-11H2,1-2H3,(H,18,20)/t14-,25?/m1/s1. The number of hydrogen-bond donors (Lipinski definition) is 1. The molecular weight excluding hydrogens is 376 g/mol. The Kier molecular flexibility index (Phi) is 7.58. The minimum atomic E-state index is -1.55. The molecule has 2 amide bonds. The summed E-state index contributed by atoms with van der Waals surface area (Å²) in [4.78, 5) is 25.9. The molecular formula is C17H22N2O3S3. The molecule has 2 rings (SSSR count). The molecule has 1 N–H and O–H groups in total. The Bertz CT molecular complexity index is 664. The third-order valence-electron chi connectivity index (χ3n) is 3.85. The molecule has 1 aromatic carbocycles. The molecule has 1 unspecified atom stereocenters. The fourth-order valence-electron chi connectivity index (χ4n) is 2.47. The number of nitrogens with one attached hydrogen (secondary N) is 1. The average Bonchev–Trinajstić information content (AvgIpc) is 2.95. The van der Waals surface area contributed by atoms with Gasteiger partial charge in [-0.15, -0.1) is 0 Å². The van der Waals surface area contributed by atoms with E-state index in [0.717, 1.165) is 11.3 Å². The Hall–Kier alpha value is -1.25. The van der Waals surface area contributed by atoms with E-state index < -0.39 is 10.8 Å². The quantitative estimate of drug-likeness (QED) is 0.711. The summed E-state index contributed by atoms with van der Waals surface area (Å²) in [5.74, 6) is 0.101. The zero-order valence-corrected chi connectivity index (χ0v) is 16.7. The van der Waals surface area contributed by atoms with Crippen LogP contribution in [0.15, 0.2) is 30.3 Å². The van der Waals surface area contributed by atoms with Crippen LogP contribution in [0.5, 0.6) is 0 Å². The topological polar surface area (TPSA) is 66.5 Å². The van der Waals surface area contributed by atoms with Crippen LogP contribution in [0.2, 0.25) is 0 Å². The van der Waals surface area contributed by atoms with Crippen LogP contribution >= 0.6 is 24.0 Å². The second kappa shape index (κ2) is 9.45. The maximum Gasteiger partial charge on any atom is 0.240 e. The van der Waals surface area contributed by atoms with Crippen LogP contribution in [0.3, 0.4) is 0 Å². The predicted molar refractivity (Wildman–Crippen MR) is 107 cm³/mol. The van der Waals surface area contributed by atoms with E-state index in [4.69, 9.17) is 12.2 Å². The summed E-state index contributed by atoms with van der Waals surface area (Å²) in [5.41, 5.74) is 0.969. The molecule has 1 fully saturated rings. The maximum atomic E-state index is 12.4. The smallest absolute Gasteiger partial charge is 0.240 e. The van der Waals surface area contributed by atoms with E-state index in [-0.39, 0.29) is 35.3 Å². The molecule has 0 aromatic heterocycles. The second-order valence-electron chi connectivity index (χ2n) is 6.14. The highest BCUT2D eigenvalue weighted by Crippen LogP contribution is 2.28.